The third-order valence-corrected chi connectivity index (χ3v) is 6.05. The van der Waals surface area contributed by atoms with Gasteiger partial charge in [-0.2, -0.15) is 5.10 Å². The first-order valence-corrected chi connectivity index (χ1v) is 10.7. The number of pyridine rings is 1. The summed E-state index contributed by atoms with van der Waals surface area (Å²) in [6.07, 6.45) is 3.78. The minimum Gasteiger partial charge on any atom is -0.365 e. The van der Waals surface area contributed by atoms with E-state index in [0.29, 0.717) is 19.6 Å². The first-order chi connectivity index (χ1) is 15.1. The normalized spacial score (nSPS) is 14.4. The van der Waals surface area contributed by atoms with Crippen molar-refractivity contribution in [1.29, 1.82) is 0 Å². The molecule has 158 valence electrons. The van der Waals surface area contributed by atoms with Crippen LogP contribution in [0.1, 0.15) is 11.4 Å². The lowest BCUT2D eigenvalue weighted by atomic mass is 10.2. The molecule has 4 heterocycles. The maximum absolute atomic E-state index is 12.9. The van der Waals surface area contributed by atoms with Crippen LogP contribution in [0.2, 0.25) is 0 Å². The van der Waals surface area contributed by atoms with E-state index in [2.05, 4.69) is 35.0 Å². The van der Waals surface area contributed by atoms with Crippen molar-refractivity contribution in [1.82, 2.24) is 24.2 Å². The van der Waals surface area contributed by atoms with Gasteiger partial charge >= 0.3 is 0 Å². The van der Waals surface area contributed by atoms with E-state index in [4.69, 9.17) is 5.10 Å². The van der Waals surface area contributed by atoms with Crippen molar-refractivity contribution in [2.24, 2.45) is 0 Å². The van der Waals surface area contributed by atoms with Gasteiger partial charge in [0.15, 0.2) is 5.82 Å². The molecule has 7 nitrogen and oxygen atoms in total. The van der Waals surface area contributed by atoms with Gasteiger partial charge < -0.3 is 14.4 Å². The molecule has 0 aliphatic carbocycles. The Morgan fingerprint density at radius 1 is 0.968 bits per heavy atom. The molecule has 7 heteroatoms. The second-order valence-corrected chi connectivity index (χ2v) is 7.99. The number of hydrogen-bond acceptors (Lipinski definition) is 4. The lowest BCUT2D eigenvalue weighted by Gasteiger charge is -2.36. The molecule has 0 N–H and O–H groups in total. The van der Waals surface area contributed by atoms with Crippen LogP contribution in [-0.4, -0.2) is 56.3 Å². The third kappa shape index (κ3) is 3.56. The molecule has 1 aliphatic heterocycles. The van der Waals surface area contributed by atoms with Crippen LogP contribution in [0.25, 0.3) is 16.7 Å². The molecule has 1 amide bonds. The number of carbonyl (C=O) groups excluding carboxylic acids is 1. The van der Waals surface area contributed by atoms with Gasteiger partial charge in [0.05, 0.1) is 17.1 Å². The molecule has 31 heavy (non-hydrogen) atoms. The summed E-state index contributed by atoms with van der Waals surface area (Å²) in [7, 11) is 0. The Morgan fingerprint density at radius 2 is 1.74 bits per heavy atom. The number of benzene rings is 1. The first-order valence-electron chi connectivity index (χ1n) is 10.7. The van der Waals surface area contributed by atoms with Crippen LogP contribution in [0.4, 0.5) is 5.69 Å². The van der Waals surface area contributed by atoms with Crippen LogP contribution >= 0.6 is 0 Å². The maximum atomic E-state index is 12.9. The molecule has 0 unspecified atom stereocenters. The highest BCUT2D eigenvalue weighted by Crippen LogP contribution is 2.27. The Kier molecular flexibility index (Phi) is 4.94. The summed E-state index contributed by atoms with van der Waals surface area (Å²) in [6, 6.07) is 16.1. The molecule has 1 saturated heterocycles. The van der Waals surface area contributed by atoms with E-state index in [9.17, 15) is 4.79 Å². The zero-order chi connectivity index (χ0) is 21.4. The summed E-state index contributed by atoms with van der Waals surface area (Å²) in [5.74, 6) is 0.987. The van der Waals surface area contributed by atoms with E-state index in [1.807, 2.05) is 57.6 Å². The Hall–Kier alpha value is -3.61. The van der Waals surface area contributed by atoms with E-state index in [-0.39, 0.29) is 5.91 Å². The fourth-order valence-electron chi connectivity index (χ4n) is 4.50. The van der Waals surface area contributed by atoms with E-state index in [0.717, 1.165) is 46.9 Å². The first kappa shape index (κ1) is 19.4. The second-order valence-electron chi connectivity index (χ2n) is 7.99. The number of para-hydroxylation sites is 1. The summed E-state index contributed by atoms with van der Waals surface area (Å²) >= 11 is 0. The summed E-state index contributed by atoms with van der Waals surface area (Å²) < 4.78 is 3.94. The quantitative estimate of drug-likeness (QED) is 0.515. The number of carbonyl (C=O) groups is 1. The van der Waals surface area contributed by atoms with E-state index < -0.39 is 0 Å². The van der Waals surface area contributed by atoms with Gasteiger partial charge in [-0.05, 0) is 43.5 Å². The lowest BCUT2D eigenvalue weighted by Crippen LogP contribution is -2.49. The van der Waals surface area contributed by atoms with Crippen molar-refractivity contribution in [3.63, 3.8) is 0 Å². The highest BCUT2D eigenvalue weighted by molar-refractivity contribution is 5.83. The Morgan fingerprint density at radius 3 is 2.52 bits per heavy atom. The van der Waals surface area contributed by atoms with Crippen LogP contribution in [0, 0.1) is 13.8 Å². The van der Waals surface area contributed by atoms with Crippen molar-refractivity contribution in [2.45, 2.75) is 20.4 Å². The number of fused-ring (bicyclic) bond motifs is 1. The number of hydrogen-bond donors (Lipinski definition) is 0. The third-order valence-electron chi connectivity index (χ3n) is 6.05. The fraction of sp³-hybridized carbons (Fsp3) is 0.292. The zero-order valence-corrected chi connectivity index (χ0v) is 17.9. The van der Waals surface area contributed by atoms with E-state index in [1.165, 1.54) is 0 Å². The van der Waals surface area contributed by atoms with Crippen LogP contribution in [0.15, 0.2) is 60.9 Å². The van der Waals surface area contributed by atoms with Crippen molar-refractivity contribution < 1.29 is 4.79 Å². The minimum absolute atomic E-state index is 0.165. The Bertz CT molecular complexity index is 1220. The molecule has 0 bridgehead atoms. The predicted octanol–water partition coefficient (Wildman–Crippen LogP) is 3.19. The molecular formula is C24H26N6O. The van der Waals surface area contributed by atoms with Crippen molar-refractivity contribution >= 4 is 22.5 Å². The number of amides is 1. The fourth-order valence-corrected chi connectivity index (χ4v) is 4.50. The van der Waals surface area contributed by atoms with Gasteiger partial charge in [-0.15, -0.1) is 0 Å². The molecular weight excluding hydrogens is 388 g/mol. The van der Waals surface area contributed by atoms with E-state index in [1.54, 1.807) is 6.20 Å². The smallest absolute Gasteiger partial charge is 0.242 e. The monoisotopic (exact) mass is 414 g/mol. The number of nitrogens with zero attached hydrogens (tertiary/aromatic N) is 6. The summed E-state index contributed by atoms with van der Waals surface area (Å²) in [5.41, 5.74) is 4.31. The SMILES string of the molecule is Cc1nn(-c2ccccn2)c(C)c1N1CCN(C(=O)Cn2ccc3ccccc32)CC1. The number of piperazine rings is 1. The Balaban J connectivity index is 1.27. The van der Waals surface area contributed by atoms with Gasteiger partial charge in [0.2, 0.25) is 5.91 Å². The van der Waals surface area contributed by atoms with Crippen molar-refractivity contribution in [2.75, 3.05) is 31.1 Å². The van der Waals surface area contributed by atoms with E-state index >= 15 is 0 Å². The molecule has 5 rings (SSSR count). The highest BCUT2D eigenvalue weighted by atomic mass is 16.2. The average Bonchev–Trinajstić information content (AvgIpc) is 3.34. The van der Waals surface area contributed by atoms with Gasteiger partial charge in [0.25, 0.3) is 0 Å². The molecule has 3 aromatic heterocycles. The van der Waals surface area contributed by atoms with Crippen molar-refractivity contribution in [3.05, 3.63) is 72.3 Å². The minimum atomic E-state index is 0.165. The van der Waals surface area contributed by atoms with Crippen molar-refractivity contribution in [3.8, 4) is 5.82 Å². The standard InChI is InChI=1S/C24H26N6O/c1-18-24(19(2)30(26-18)22-9-5-6-11-25-22)28-15-13-27(14-16-28)23(31)17-29-12-10-20-7-3-4-8-21(20)29/h3-12H,13-17H2,1-2H3. The number of anilines is 1. The molecule has 1 aromatic carbocycles. The van der Waals surface area contributed by atoms with Gasteiger partial charge in [-0.25, -0.2) is 9.67 Å². The maximum Gasteiger partial charge on any atom is 0.242 e. The number of rotatable bonds is 4. The molecule has 0 atom stereocenters. The van der Waals surface area contributed by atoms with Gasteiger partial charge in [-0.1, -0.05) is 24.3 Å². The summed E-state index contributed by atoms with van der Waals surface area (Å²) in [4.78, 5) is 21.7. The second kappa shape index (κ2) is 7.91. The largest absolute Gasteiger partial charge is 0.365 e. The summed E-state index contributed by atoms with van der Waals surface area (Å²) in [6.45, 7) is 7.53. The molecule has 4 aromatic rings. The molecule has 0 saturated carbocycles. The zero-order valence-electron chi connectivity index (χ0n) is 17.9. The predicted molar refractivity (Wildman–Crippen MR) is 122 cm³/mol. The van der Waals surface area contributed by atoms with Crippen LogP contribution in [-0.2, 0) is 11.3 Å². The van der Waals surface area contributed by atoms with Gasteiger partial charge in [0, 0.05) is 44.1 Å². The van der Waals surface area contributed by atoms with Crippen LogP contribution in [0.5, 0.6) is 0 Å². The molecule has 0 radical (unpaired) electrons. The van der Waals surface area contributed by atoms with Crippen LogP contribution in [0.3, 0.4) is 0 Å². The Labute approximate surface area is 181 Å². The lowest BCUT2D eigenvalue weighted by molar-refractivity contribution is -0.132. The van der Waals surface area contributed by atoms with Gasteiger partial charge in [-0.3, -0.25) is 4.79 Å². The topological polar surface area (TPSA) is 59.2 Å². The number of aryl methyl sites for hydroxylation is 1. The molecule has 1 aliphatic rings. The highest BCUT2D eigenvalue weighted by Gasteiger charge is 2.26. The van der Waals surface area contributed by atoms with Gasteiger partial charge in [0.1, 0.15) is 6.54 Å². The summed E-state index contributed by atoms with van der Waals surface area (Å²) in [5, 5.41) is 5.88. The number of aromatic nitrogens is 4. The molecule has 1 fully saturated rings. The van der Waals surface area contributed by atoms with Crippen LogP contribution < -0.4 is 4.90 Å². The average molecular weight is 415 g/mol. The molecule has 0 spiro atoms.